The molecule has 0 spiro atoms. The SMILES string of the molecule is N=C(N)/C=C\NCCCCCCOC(=O)CCCc1ccc2ccc3cccc4ccc1c2c34. The van der Waals surface area contributed by atoms with E-state index >= 15 is 0 Å². The van der Waals surface area contributed by atoms with Crippen LogP contribution in [0.2, 0.25) is 0 Å². The Morgan fingerprint density at radius 3 is 2.38 bits per heavy atom. The molecular formula is C29H33N3O2. The van der Waals surface area contributed by atoms with E-state index in [4.69, 9.17) is 15.9 Å². The molecule has 4 rings (SSSR count). The van der Waals surface area contributed by atoms with Gasteiger partial charge in [-0.05, 0) is 76.1 Å². The summed E-state index contributed by atoms with van der Waals surface area (Å²) in [5.41, 5.74) is 6.53. The number of aryl methyl sites for hydroxylation is 1. The van der Waals surface area contributed by atoms with Crippen molar-refractivity contribution >= 4 is 44.1 Å². The number of ether oxygens (including phenoxy) is 1. The topological polar surface area (TPSA) is 88.2 Å². The zero-order valence-electron chi connectivity index (χ0n) is 19.6. The van der Waals surface area contributed by atoms with Gasteiger partial charge in [-0.25, -0.2) is 0 Å². The second-order valence-corrected chi connectivity index (χ2v) is 8.81. The number of hydrogen-bond donors (Lipinski definition) is 3. The van der Waals surface area contributed by atoms with Crippen molar-refractivity contribution in [3.05, 3.63) is 72.4 Å². The third kappa shape index (κ3) is 5.84. The predicted molar refractivity (Wildman–Crippen MR) is 142 cm³/mol. The van der Waals surface area contributed by atoms with Crippen molar-refractivity contribution < 1.29 is 9.53 Å². The first-order valence-electron chi connectivity index (χ1n) is 12.2. The molecule has 0 saturated heterocycles. The van der Waals surface area contributed by atoms with Crippen molar-refractivity contribution in [3.63, 3.8) is 0 Å². The van der Waals surface area contributed by atoms with Gasteiger partial charge < -0.3 is 15.8 Å². The van der Waals surface area contributed by atoms with E-state index in [2.05, 4.69) is 59.9 Å². The maximum absolute atomic E-state index is 12.2. The molecule has 0 amide bonds. The Balaban J connectivity index is 1.19. The lowest BCUT2D eigenvalue weighted by Crippen LogP contribution is -2.11. The van der Waals surface area contributed by atoms with E-state index < -0.39 is 0 Å². The lowest BCUT2D eigenvalue weighted by atomic mass is 9.90. The van der Waals surface area contributed by atoms with Gasteiger partial charge in [0.1, 0.15) is 5.84 Å². The number of carbonyl (C=O) groups is 1. The van der Waals surface area contributed by atoms with Crippen molar-refractivity contribution in [1.29, 1.82) is 5.41 Å². The molecule has 0 atom stereocenters. The first-order valence-corrected chi connectivity index (χ1v) is 12.2. The summed E-state index contributed by atoms with van der Waals surface area (Å²) >= 11 is 0. The average Bonchev–Trinajstić information content (AvgIpc) is 2.84. The minimum absolute atomic E-state index is 0.0465. The number of benzene rings is 4. The van der Waals surface area contributed by atoms with Gasteiger partial charge in [0.25, 0.3) is 0 Å². The van der Waals surface area contributed by atoms with Gasteiger partial charge in [0.05, 0.1) is 6.61 Å². The molecule has 4 aromatic rings. The van der Waals surface area contributed by atoms with Gasteiger partial charge in [-0.15, -0.1) is 0 Å². The normalized spacial score (nSPS) is 11.6. The molecule has 0 aliphatic rings. The number of carbonyl (C=O) groups excluding carboxylic acids is 1. The summed E-state index contributed by atoms with van der Waals surface area (Å²) < 4.78 is 5.43. The number of rotatable bonds is 13. The van der Waals surface area contributed by atoms with E-state index in [1.165, 1.54) is 44.0 Å². The summed E-state index contributed by atoms with van der Waals surface area (Å²) in [7, 11) is 0. The molecule has 0 aromatic heterocycles. The standard InChI is InChI=1S/C29H33N3O2/c30-26(31)17-19-32-18-3-1-2-4-20-34-27(33)10-6-7-21-11-12-24-14-13-22-8-5-9-23-15-16-25(21)29(24)28(22)23/h5,8-9,11-17,19,32H,1-4,6-7,10,18,20H2,(H3,30,31)/b19-17-. The molecule has 176 valence electrons. The Labute approximate surface area is 200 Å². The molecule has 0 radical (unpaired) electrons. The summed E-state index contributed by atoms with van der Waals surface area (Å²) in [4.78, 5) is 12.2. The highest BCUT2D eigenvalue weighted by Gasteiger charge is 2.11. The van der Waals surface area contributed by atoms with Crippen LogP contribution in [0.4, 0.5) is 0 Å². The van der Waals surface area contributed by atoms with E-state index in [-0.39, 0.29) is 11.8 Å². The number of nitrogens with one attached hydrogen (secondary N) is 2. The van der Waals surface area contributed by atoms with Crippen molar-refractivity contribution in [1.82, 2.24) is 5.32 Å². The van der Waals surface area contributed by atoms with Gasteiger partial charge in [-0.1, -0.05) is 61.0 Å². The van der Waals surface area contributed by atoms with E-state index in [0.717, 1.165) is 45.1 Å². The lowest BCUT2D eigenvalue weighted by Gasteiger charge is -2.14. The molecule has 34 heavy (non-hydrogen) atoms. The van der Waals surface area contributed by atoms with E-state index in [0.29, 0.717) is 13.0 Å². The van der Waals surface area contributed by atoms with E-state index in [1.807, 2.05) is 0 Å². The third-order valence-electron chi connectivity index (χ3n) is 6.31. The highest BCUT2D eigenvalue weighted by Crippen LogP contribution is 2.36. The van der Waals surface area contributed by atoms with Crippen molar-refractivity contribution in [3.8, 4) is 0 Å². The van der Waals surface area contributed by atoms with Crippen LogP contribution >= 0.6 is 0 Å². The maximum Gasteiger partial charge on any atom is 0.305 e. The lowest BCUT2D eigenvalue weighted by molar-refractivity contribution is -0.143. The highest BCUT2D eigenvalue weighted by molar-refractivity contribution is 6.23. The van der Waals surface area contributed by atoms with Crippen molar-refractivity contribution in [2.45, 2.75) is 44.9 Å². The van der Waals surface area contributed by atoms with Crippen LogP contribution in [0.1, 0.15) is 44.1 Å². The molecular weight excluding hydrogens is 422 g/mol. The Morgan fingerprint density at radius 2 is 1.59 bits per heavy atom. The van der Waals surface area contributed by atoms with Crippen LogP contribution in [0.5, 0.6) is 0 Å². The van der Waals surface area contributed by atoms with Gasteiger partial charge >= 0.3 is 5.97 Å². The summed E-state index contributed by atoms with van der Waals surface area (Å²) in [6.45, 7) is 1.35. The fraction of sp³-hybridized carbons (Fsp3) is 0.310. The monoisotopic (exact) mass is 455 g/mol. The predicted octanol–water partition coefficient (Wildman–Crippen LogP) is 6.05. The summed E-state index contributed by atoms with van der Waals surface area (Å²) in [6.07, 6.45) is 9.39. The molecule has 0 unspecified atom stereocenters. The minimum Gasteiger partial charge on any atom is -0.466 e. The fourth-order valence-corrected chi connectivity index (χ4v) is 4.61. The van der Waals surface area contributed by atoms with Crippen LogP contribution in [0.25, 0.3) is 32.3 Å². The highest BCUT2D eigenvalue weighted by atomic mass is 16.5. The first-order chi connectivity index (χ1) is 16.6. The summed E-state index contributed by atoms with van der Waals surface area (Å²) in [5, 5.41) is 18.0. The molecule has 4 N–H and O–H groups in total. The second-order valence-electron chi connectivity index (χ2n) is 8.81. The molecule has 0 bridgehead atoms. The van der Waals surface area contributed by atoms with Crippen LogP contribution in [0.15, 0.2) is 66.9 Å². The molecule has 4 aromatic carbocycles. The maximum atomic E-state index is 12.2. The molecule has 5 heteroatoms. The Morgan fingerprint density at radius 1 is 0.882 bits per heavy atom. The fourth-order valence-electron chi connectivity index (χ4n) is 4.61. The van der Waals surface area contributed by atoms with Gasteiger partial charge in [-0.3, -0.25) is 10.2 Å². The quantitative estimate of drug-likeness (QED) is 0.0753. The van der Waals surface area contributed by atoms with Crippen LogP contribution in [0.3, 0.4) is 0 Å². The average molecular weight is 456 g/mol. The zero-order chi connectivity index (χ0) is 23.8. The molecule has 0 heterocycles. The van der Waals surface area contributed by atoms with Crippen LogP contribution in [0, 0.1) is 5.41 Å². The number of hydrogen-bond acceptors (Lipinski definition) is 4. The molecule has 0 aliphatic heterocycles. The van der Waals surface area contributed by atoms with Gasteiger partial charge in [-0.2, -0.15) is 0 Å². The second kappa shape index (κ2) is 11.5. The summed E-state index contributed by atoms with van der Waals surface area (Å²) in [6, 6.07) is 19.7. The smallest absolute Gasteiger partial charge is 0.305 e. The Hall–Kier alpha value is -3.60. The van der Waals surface area contributed by atoms with Crippen LogP contribution < -0.4 is 11.1 Å². The van der Waals surface area contributed by atoms with Gasteiger partial charge in [0.2, 0.25) is 0 Å². The summed E-state index contributed by atoms with van der Waals surface area (Å²) in [5.74, 6) is -0.0565. The Bertz CT molecular complexity index is 1280. The van der Waals surface area contributed by atoms with Crippen molar-refractivity contribution in [2.24, 2.45) is 5.73 Å². The number of unbranched alkanes of at least 4 members (excludes halogenated alkanes) is 3. The number of esters is 1. The third-order valence-corrected chi connectivity index (χ3v) is 6.31. The van der Waals surface area contributed by atoms with Gasteiger partial charge in [0.15, 0.2) is 0 Å². The van der Waals surface area contributed by atoms with E-state index in [1.54, 1.807) is 6.20 Å². The largest absolute Gasteiger partial charge is 0.466 e. The van der Waals surface area contributed by atoms with E-state index in [9.17, 15) is 4.79 Å². The Kier molecular flexibility index (Phi) is 7.97. The molecule has 5 nitrogen and oxygen atoms in total. The van der Waals surface area contributed by atoms with Crippen LogP contribution in [-0.2, 0) is 16.0 Å². The number of nitrogens with two attached hydrogens (primary N) is 1. The molecule has 0 saturated carbocycles. The minimum atomic E-state index is -0.103. The van der Waals surface area contributed by atoms with Crippen LogP contribution in [-0.4, -0.2) is 25.0 Å². The van der Waals surface area contributed by atoms with Crippen molar-refractivity contribution in [2.75, 3.05) is 13.2 Å². The first kappa shape index (κ1) is 23.6. The molecule has 0 fully saturated rings. The zero-order valence-corrected chi connectivity index (χ0v) is 19.6. The number of amidine groups is 1. The molecule has 0 aliphatic carbocycles. The van der Waals surface area contributed by atoms with Gasteiger partial charge in [0, 0.05) is 19.2 Å².